The first-order valence-corrected chi connectivity index (χ1v) is 9.84. The zero-order valence-corrected chi connectivity index (χ0v) is 17.4. The molecule has 31 heavy (non-hydrogen) atoms. The Labute approximate surface area is 179 Å². The quantitative estimate of drug-likeness (QED) is 0.762. The Hall–Kier alpha value is -3.75. The highest BCUT2D eigenvalue weighted by molar-refractivity contribution is 6.04. The van der Waals surface area contributed by atoms with E-state index < -0.39 is 12.0 Å². The van der Waals surface area contributed by atoms with Gasteiger partial charge in [-0.25, -0.2) is 0 Å². The molecular formula is C22H23N3O6. The lowest BCUT2D eigenvalue weighted by Crippen LogP contribution is -2.34. The summed E-state index contributed by atoms with van der Waals surface area (Å²) in [6.45, 7) is 1.91. The van der Waals surface area contributed by atoms with Crippen LogP contribution < -0.4 is 29.7 Å². The Kier molecular flexibility index (Phi) is 5.41. The molecule has 2 N–H and O–H groups in total. The van der Waals surface area contributed by atoms with Crippen molar-refractivity contribution in [3.63, 3.8) is 0 Å². The lowest BCUT2D eigenvalue weighted by Gasteiger charge is -2.24. The van der Waals surface area contributed by atoms with Crippen LogP contribution in [0.3, 0.4) is 0 Å². The number of amides is 3. The molecule has 9 nitrogen and oxygen atoms in total. The van der Waals surface area contributed by atoms with E-state index in [0.717, 1.165) is 0 Å². The SMILES string of the molecule is COc1ccc(N2C[C@@H](C(=O)Nc3ccc4c(c3)NC(=O)[C@@H](C)O4)CC2=O)cc1OC. The molecule has 2 aromatic rings. The van der Waals surface area contributed by atoms with Gasteiger partial charge in [0.1, 0.15) is 5.75 Å². The van der Waals surface area contributed by atoms with Crippen LogP contribution in [0.5, 0.6) is 17.2 Å². The van der Waals surface area contributed by atoms with Gasteiger partial charge in [-0.1, -0.05) is 0 Å². The minimum atomic E-state index is -0.569. The molecule has 0 aliphatic carbocycles. The van der Waals surface area contributed by atoms with Crippen LogP contribution in [0.4, 0.5) is 17.1 Å². The van der Waals surface area contributed by atoms with Crippen molar-refractivity contribution >= 4 is 34.8 Å². The van der Waals surface area contributed by atoms with E-state index in [0.29, 0.717) is 34.3 Å². The summed E-state index contributed by atoms with van der Waals surface area (Å²) >= 11 is 0. The smallest absolute Gasteiger partial charge is 0.265 e. The highest BCUT2D eigenvalue weighted by Gasteiger charge is 2.35. The first-order chi connectivity index (χ1) is 14.9. The highest BCUT2D eigenvalue weighted by atomic mass is 16.5. The van der Waals surface area contributed by atoms with Gasteiger partial charge in [0.2, 0.25) is 11.8 Å². The molecule has 0 radical (unpaired) electrons. The number of nitrogens with zero attached hydrogens (tertiary/aromatic N) is 1. The average molecular weight is 425 g/mol. The van der Waals surface area contributed by atoms with Crippen molar-refractivity contribution in [3.8, 4) is 17.2 Å². The van der Waals surface area contributed by atoms with Gasteiger partial charge in [0, 0.05) is 30.4 Å². The van der Waals surface area contributed by atoms with Crippen molar-refractivity contribution < 1.29 is 28.6 Å². The molecule has 2 heterocycles. The monoisotopic (exact) mass is 425 g/mol. The van der Waals surface area contributed by atoms with E-state index in [1.165, 1.54) is 14.2 Å². The van der Waals surface area contributed by atoms with Crippen molar-refractivity contribution in [1.29, 1.82) is 0 Å². The molecular weight excluding hydrogens is 402 g/mol. The molecule has 1 saturated heterocycles. The van der Waals surface area contributed by atoms with E-state index in [1.54, 1.807) is 48.2 Å². The molecule has 2 aliphatic rings. The Morgan fingerprint density at radius 1 is 1.13 bits per heavy atom. The van der Waals surface area contributed by atoms with Gasteiger partial charge >= 0.3 is 0 Å². The zero-order chi connectivity index (χ0) is 22.1. The number of benzene rings is 2. The van der Waals surface area contributed by atoms with Gasteiger partial charge in [-0.2, -0.15) is 0 Å². The Bertz CT molecular complexity index is 1050. The Morgan fingerprint density at radius 2 is 1.90 bits per heavy atom. The van der Waals surface area contributed by atoms with Gasteiger partial charge in [0.15, 0.2) is 17.6 Å². The van der Waals surface area contributed by atoms with Gasteiger partial charge in [0.25, 0.3) is 5.91 Å². The Morgan fingerprint density at radius 3 is 2.65 bits per heavy atom. The van der Waals surface area contributed by atoms with E-state index >= 15 is 0 Å². The molecule has 162 valence electrons. The number of carbonyl (C=O) groups is 3. The molecule has 3 amide bonds. The molecule has 2 aliphatic heterocycles. The fourth-order valence-corrected chi connectivity index (χ4v) is 3.66. The third-order valence-corrected chi connectivity index (χ3v) is 5.35. The summed E-state index contributed by atoms with van der Waals surface area (Å²) in [7, 11) is 3.06. The molecule has 0 unspecified atom stereocenters. The lowest BCUT2D eigenvalue weighted by atomic mass is 10.1. The van der Waals surface area contributed by atoms with Crippen molar-refractivity contribution in [2.75, 3.05) is 36.3 Å². The average Bonchev–Trinajstić information content (AvgIpc) is 3.16. The lowest BCUT2D eigenvalue weighted by molar-refractivity contribution is -0.122. The third-order valence-electron chi connectivity index (χ3n) is 5.35. The van der Waals surface area contributed by atoms with Crippen LogP contribution in [0.2, 0.25) is 0 Å². The van der Waals surface area contributed by atoms with E-state index in [4.69, 9.17) is 14.2 Å². The number of ether oxygens (including phenoxy) is 3. The number of nitrogens with one attached hydrogen (secondary N) is 2. The van der Waals surface area contributed by atoms with Crippen LogP contribution in [-0.4, -0.2) is 44.6 Å². The van der Waals surface area contributed by atoms with Crippen LogP contribution in [-0.2, 0) is 14.4 Å². The number of carbonyl (C=O) groups excluding carboxylic acids is 3. The summed E-state index contributed by atoms with van der Waals surface area (Å²) in [5.74, 6) is 0.435. The van der Waals surface area contributed by atoms with E-state index in [2.05, 4.69) is 10.6 Å². The summed E-state index contributed by atoms with van der Waals surface area (Å²) in [6.07, 6.45) is -0.470. The first-order valence-electron chi connectivity index (χ1n) is 9.84. The zero-order valence-electron chi connectivity index (χ0n) is 17.4. The van der Waals surface area contributed by atoms with Crippen molar-refractivity contribution in [1.82, 2.24) is 0 Å². The maximum Gasteiger partial charge on any atom is 0.265 e. The highest BCUT2D eigenvalue weighted by Crippen LogP contribution is 2.35. The minimum Gasteiger partial charge on any atom is -0.493 e. The van der Waals surface area contributed by atoms with Gasteiger partial charge in [0.05, 0.1) is 25.8 Å². The Balaban J connectivity index is 1.46. The first kappa shape index (κ1) is 20.5. The van der Waals surface area contributed by atoms with Crippen molar-refractivity contribution in [3.05, 3.63) is 36.4 Å². The second-order valence-electron chi connectivity index (χ2n) is 7.39. The standard InChI is InChI=1S/C22H23N3O6/c1-12-21(27)24-16-9-14(4-6-17(16)31-12)23-22(28)13-8-20(26)25(11-13)15-5-7-18(29-2)19(10-15)30-3/h4-7,9-10,12-13H,8,11H2,1-3H3,(H,23,28)(H,24,27)/t12-,13+/m1/s1. The third kappa shape index (κ3) is 3.98. The predicted molar refractivity (Wildman–Crippen MR) is 114 cm³/mol. The summed E-state index contributed by atoms with van der Waals surface area (Å²) in [5, 5.41) is 5.57. The summed E-state index contributed by atoms with van der Waals surface area (Å²) < 4.78 is 16.1. The van der Waals surface area contributed by atoms with Gasteiger partial charge in [-0.05, 0) is 37.3 Å². The second kappa shape index (κ2) is 8.17. The van der Waals surface area contributed by atoms with Crippen LogP contribution in [0.25, 0.3) is 0 Å². The van der Waals surface area contributed by atoms with Crippen LogP contribution in [0, 0.1) is 5.92 Å². The topological polar surface area (TPSA) is 106 Å². The number of hydrogen-bond donors (Lipinski definition) is 2. The summed E-state index contributed by atoms with van der Waals surface area (Å²) in [4.78, 5) is 38.7. The fourth-order valence-electron chi connectivity index (χ4n) is 3.66. The predicted octanol–water partition coefficient (Wildman–Crippen LogP) is 2.41. The number of methoxy groups -OCH3 is 2. The number of rotatable bonds is 5. The molecule has 2 aromatic carbocycles. The summed E-state index contributed by atoms with van der Waals surface area (Å²) in [5.41, 5.74) is 1.65. The summed E-state index contributed by atoms with van der Waals surface area (Å²) in [6, 6.07) is 10.2. The van der Waals surface area contributed by atoms with E-state index in [9.17, 15) is 14.4 Å². The van der Waals surface area contributed by atoms with Crippen LogP contribution in [0.1, 0.15) is 13.3 Å². The molecule has 0 spiro atoms. The van der Waals surface area contributed by atoms with Crippen LogP contribution >= 0.6 is 0 Å². The van der Waals surface area contributed by atoms with Gasteiger partial charge in [-0.15, -0.1) is 0 Å². The van der Waals surface area contributed by atoms with Gasteiger partial charge in [-0.3, -0.25) is 14.4 Å². The van der Waals surface area contributed by atoms with E-state index in [1.807, 2.05) is 0 Å². The normalized spacial score (nSPS) is 19.9. The molecule has 0 bridgehead atoms. The second-order valence-corrected chi connectivity index (χ2v) is 7.39. The largest absolute Gasteiger partial charge is 0.493 e. The molecule has 1 fully saturated rings. The molecule has 9 heteroatoms. The molecule has 0 saturated carbocycles. The number of fused-ring (bicyclic) bond motifs is 1. The van der Waals surface area contributed by atoms with Crippen molar-refractivity contribution in [2.24, 2.45) is 5.92 Å². The maximum absolute atomic E-state index is 12.8. The molecule has 4 rings (SSSR count). The number of anilines is 3. The molecule has 0 aromatic heterocycles. The maximum atomic E-state index is 12.8. The van der Waals surface area contributed by atoms with Gasteiger partial charge < -0.3 is 29.7 Å². The van der Waals surface area contributed by atoms with Crippen LogP contribution in [0.15, 0.2) is 36.4 Å². The van der Waals surface area contributed by atoms with E-state index in [-0.39, 0.29) is 30.7 Å². The molecule has 2 atom stereocenters. The van der Waals surface area contributed by atoms with Crippen molar-refractivity contribution in [2.45, 2.75) is 19.4 Å². The number of hydrogen-bond acceptors (Lipinski definition) is 6. The minimum absolute atomic E-state index is 0.0997. The fraction of sp³-hybridized carbons (Fsp3) is 0.318.